The van der Waals surface area contributed by atoms with E-state index in [4.69, 9.17) is 4.74 Å². The maximum absolute atomic E-state index is 5.48. The van der Waals surface area contributed by atoms with E-state index in [1.807, 2.05) is 7.05 Å². The van der Waals surface area contributed by atoms with Crippen molar-refractivity contribution in [2.24, 2.45) is 4.99 Å². The van der Waals surface area contributed by atoms with E-state index >= 15 is 0 Å². The third-order valence-electron chi connectivity index (χ3n) is 5.94. The summed E-state index contributed by atoms with van der Waals surface area (Å²) in [4.78, 5) is 6.93. The van der Waals surface area contributed by atoms with E-state index in [2.05, 4.69) is 65.6 Å². The second-order valence-electron chi connectivity index (χ2n) is 8.29. The summed E-state index contributed by atoms with van der Waals surface area (Å²) in [5.74, 6) is 0.895. The Hall–Kier alpha value is -1.59. The SMILES string of the molecule is CN=C(NCC1(c2ccccc2C)CC1)NCC(C)(C)N1CCOCC1. The molecule has 3 rings (SSSR count). The van der Waals surface area contributed by atoms with Gasteiger partial charge in [-0.25, -0.2) is 0 Å². The first-order chi connectivity index (χ1) is 12.5. The number of rotatable bonds is 6. The van der Waals surface area contributed by atoms with Crippen LogP contribution >= 0.6 is 0 Å². The van der Waals surface area contributed by atoms with Crippen LogP contribution in [0.1, 0.15) is 37.8 Å². The van der Waals surface area contributed by atoms with E-state index in [0.29, 0.717) is 0 Å². The smallest absolute Gasteiger partial charge is 0.191 e. The van der Waals surface area contributed by atoms with Gasteiger partial charge < -0.3 is 15.4 Å². The Labute approximate surface area is 158 Å². The number of nitrogens with zero attached hydrogens (tertiary/aromatic N) is 2. The normalized spacial score (nSPS) is 20.7. The van der Waals surface area contributed by atoms with Gasteiger partial charge in [0, 0.05) is 44.2 Å². The predicted octanol–water partition coefficient (Wildman–Crippen LogP) is 2.30. The number of guanidine groups is 1. The van der Waals surface area contributed by atoms with Crippen LogP contribution in [0.15, 0.2) is 29.3 Å². The lowest BCUT2D eigenvalue weighted by Gasteiger charge is -2.41. The molecular weight excluding hydrogens is 324 g/mol. The average molecular weight is 359 g/mol. The highest BCUT2D eigenvalue weighted by Crippen LogP contribution is 2.48. The molecule has 0 radical (unpaired) electrons. The molecule has 1 aromatic rings. The number of morpholine rings is 1. The van der Waals surface area contributed by atoms with Gasteiger partial charge in [-0.1, -0.05) is 24.3 Å². The van der Waals surface area contributed by atoms with Crippen LogP contribution in [0.3, 0.4) is 0 Å². The summed E-state index contributed by atoms with van der Waals surface area (Å²) in [7, 11) is 1.85. The molecule has 144 valence electrons. The number of aryl methyl sites for hydroxylation is 1. The molecule has 1 aromatic carbocycles. The fourth-order valence-corrected chi connectivity index (χ4v) is 3.91. The molecule has 1 aliphatic heterocycles. The molecule has 0 unspecified atom stereocenters. The van der Waals surface area contributed by atoms with Gasteiger partial charge >= 0.3 is 0 Å². The molecule has 0 spiro atoms. The standard InChI is InChI=1S/C21H34N4O/c1-17-7-5-6-8-18(17)21(9-10-21)16-24-19(22-4)23-15-20(2,3)25-11-13-26-14-12-25/h5-8H,9-16H2,1-4H3,(H2,22,23,24). The Kier molecular flexibility index (Phi) is 5.88. The highest BCUT2D eigenvalue weighted by molar-refractivity contribution is 5.80. The number of hydrogen-bond acceptors (Lipinski definition) is 3. The Bertz CT molecular complexity index is 631. The number of ether oxygens (including phenoxy) is 1. The molecule has 5 heteroatoms. The lowest BCUT2D eigenvalue weighted by Crippen LogP contribution is -2.56. The molecule has 1 saturated heterocycles. The molecule has 0 bridgehead atoms. The maximum Gasteiger partial charge on any atom is 0.191 e. The zero-order valence-corrected chi connectivity index (χ0v) is 16.8. The van der Waals surface area contributed by atoms with Gasteiger partial charge in [-0.05, 0) is 44.7 Å². The zero-order chi connectivity index (χ0) is 18.6. The van der Waals surface area contributed by atoms with Gasteiger partial charge in [0.1, 0.15) is 0 Å². The fraction of sp³-hybridized carbons (Fsp3) is 0.667. The highest BCUT2D eigenvalue weighted by atomic mass is 16.5. The molecule has 0 atom stereocenters. The first-order valence-corrected chi connectivity index (χ1v) is 9.80. The summed E-state index contributed by atoms with van der Waals surface area (Å²) < 4.78 is 5.48. The van der Waals surface area contributed by atoms with E-state index in [9.17, 15) is 0 Å². The molecular formula is C21H34N4O. The topological polar surface area (TPSA) is 48.9 Å². The second-order valence-corrected chi connectivity index (χ2v) is 8.29. The first-order valence-electron chi connectivity index (χ1n) is 9.80. The molecule has 26 heavy (non-hydrogen) atoms. The van der Waals surface area contributed by atoms with Crippen LogP contribution in [0, 0.1) is 6.92 Å². The molecule has 1 heterocycles. The average Bonchev–Trinajstić information content (AvgIpc) is 3.44. The minimum absolute atomic E-state index is 0.0781. The van der Waals surface area contributed by atoms with Gasteiger partial charge in [-0.2, -0.15) is 0 Å². The van der Waals surface area contributed by atoms with Crippen molar-refractivity contribution in [3.05, 3.63) is 35.4 Å². The lowest BCUT2D eigenvalue weighted by molar-refractivity contribution is -0.00834. The van der Waals surface area contributed by atoms with Crippen molar-refractivity contribution in [1.82, 2.24) is 15.5 Å². The minimum atomic E-state index is 0.0781. The third-order valence-corrected chi connectivity index (χ3v) is 5.94. The number of aliphatic imine (C=N–C) groups is 1. The molecule has 2 aliphatic rings. The molecule has 5 nitrogen and oxygen atoms in total. The van der Waals surface area contributed by atoms with Crippen LogP contribution in [0.25, 0.3) is 0 Å². The Balaban J connectivity index is 1.53. The van der Waals surface area contributed by atoms with E-state index < -0.39 is 0 Å². The zero-order valence-electron chi connectivity index (χ0n) is 16.8. The van der Waals surface area contributed by atoms with E-state index in [1.54, 1.807) is 0 Å². The van der Waals surface area contributed by atoms with Crippen LogP contribution < -0.4 is 10.6 Å². The van der Waals surface area contributed by atoms with E-state index in [0.717, 1.165) is 45.4 Å². The summed E-state index contributed by atoms with van der Waals surface area (Å²) in [6.45, 7) is 12.2. The van der Waals surface area contributed by atoms with E-state index in [1.165, 1.54) is 24.0 Å². The van der Waals surface area contributed by atoms with Crippen molar-refractivity contribution in [2.45, 2.75) is 44.6 Å². The summed E-state index contributed by atoms with van der Waals surface area (Å²) >= 11 is 0. The largest absolute Gasteiger partial charge is 0.379 e. The number of nitrogens with one attached hydrogen (secondary N) is 2. The van der Waals surface area contributed by atoms with Crippen molar-refractivity contribution < 1.29 is 4.74 Å². The van der Waals surface area contributed by atoms with Crippen molar-refractivity contribution in [2.75, 3.05) is 46.4 Å². The molecule has 0 amide bonds. The monoisotopic (exact) mass is 358 g/mol. The number of benzene rings is 1. The fourth-order valence-electron chi connectivity index (χ4n) is 3.91. The van der Waals surface area contributed by atoms with Gasteiger partial charge in [0.15, 0.2) is 5.96 Å². The van der Waals surface area contributed by atoms with Crippen LogP contribution in [0.4, 0.5) is 0 Å². The Morgan fingerprint density at radius 2 is 1.88 bits per heavy atom. The van der Waals surface area contributed by atoms with Crippen LogP contribution in [-0.4, -0.2) is 62.8 Å². The molecule has 0 aromatic heterocycles. The summed E-state index contributed by atoms with van der Waals surface area (Å²) in [6, 6.07) is 8.77. The molecule has 2 fully saturated rings. The maximum atomic E-state index is 5.48. The van der Waals surface area contributed by atoms with E-state index in [-0.39, 0.29) is 11.0 Å². The van der Waals surface area contributed by atoms with Crippen molar-refractivity contribution in [3.8, 4) is 0 Å². The third kappa shape index (κ3) is 4.38. The number of hydrogen-bond donors (Lipinski definition) is 2. The Morgan fingerprint density at radius 1 is 1.19 bits per heavy atom. The summed E-state index contributed by atoms with van der Waals surface area (Å²) in [5, 5.41) is 7.10. The van der Waals surface area contributed by atoms with Crippen molar-refractivity contribution in [1.29, 1.82) is 0 Å². The van der Waals surface area contributed by atoms with Gasteiger partial charge in [0.25, 0.3) is 0 Å². The first kappa shape index (κ1) is 19.2. The van der Waals surface area contributed by atoms with Gasteiger partial charge in [-0.3, -0.25) is 9.89 Å². The molecule has 1 aliphatic carbocycles. The van der Waals surface area contributed by atoms with Crippen molar-refractivity contribution in [3.63, 3.8) is 0 Å². The Morgan fingerprint density at radius 3 is 2.50 bits per heavy atom. The summed E-state index contributed by atoms with van der Waals surface area (Å²) in [6.07, 6.45) is 2.50. The molecule has 2 N–H and O–H groups in total. The van der Waals surface area contributed by atoms with Crippen LogP contribution in [-0.2, 0) is 10.2 Å². The van der Waals surface area contributed by atoms with Gasteiger partial charge in [0.05, 0.1) is 13.2 Å². The van der Waals surface area contributed by atoms with Crippen LogP contribution in [0.5, 0.6) is 0 Å². The summed E-state index contributed by atoms with van der Waals surface area (Å²) in [5.41, 5.74) is 3.23. The second kappa shape index (κ2) is 7.97. The van der Waals surface area contributed by atoms with Crippen LogP contribution in [0.2, 0.25) is 0 Å². The lowest BCUT2D eigenvalue weighted by atomic mass is 9.92. The van der Waals surface area contributed by atoms with Crippen molar-refractivity contribution >= 4 is 5.96 Å². The van der Waals surface area contributed by atoms with Gasteiger partial charge in [0.2, 0.25) is 0 Å². The minimum Gasteiger partial charge on any atom is -0.379 e. The van der Waals surface area contributed by atoms with Gasteiger partial charge in [-0.15, -0.1) is 0 Å². The molecule has 1 saturated carbocycles. The quantitative estimate of drug-likeness (QED) is 0.605. The predicted molar refractivity (Wildman–Crippen MR) is 108 cm³/mol. The highest BCUT2D eigenvalue weighted by Gasteiger charge is 2.45.